The summed E-state index contributed by atoms with van der Waals surface area (Å²) in [5, 5.41) is 0.759. The smallest absolute Gasteiger partial charge is 0.312 e. The molecule has 0 atom stereocenters. The standard InChI is InChI=1S/C27H23N3O5S/c31-25(15-22-7-1-2-13-28-22)35-23-16-30(17-23)27(32)21-11-9-19(10-12-21)18-36(33,34)24-8-3-5-20-6-4-14-29-26(20)24/h1-14,23H,15-18H2. The van der Waals surface area contributed by atoms with E-state index in [1.54, 1.807) is 78.0 Å². The summed E-state index contributed by atoms with van der Waals surface area (Å²) in [4.78, 5) is 35.0. The Bertz CT molecular complexity index is 1510. The molecule has 1 amide bonds. The van der Waals surface area contributed by atoms with Gasteiger partial charge in [0.15, 0.2) is 9.84 Å². The Morgan fingerprint density at radius 1 is 0.889 bits per heavy atom. The summed E-state index contributed by atoms with van der Waals surface area (Å²) in [6.45, 7) is 0.633. The van der Waals surface area contributed by atoms with Crippen molar-refractivity contribution < 1.29 is 22.7 Å². The summed E-state index contributed by atoms with van der Waals surface area (Å²) < 4.78 is 31.6. The van der Waals surface area contributed by atoms with Crippen LogP contribution in [0.1, 0.15) is 21.6 Å². The van der Waals surface area contributed by atoms with Crippen LogP contribution in [0.4, 0.5) is 0 Å². The van der Waals surface area contributed by atoms with Crippen molar-refractivity contribution >= 4 is 32.6 Å². The Balaban J connectivity index is 1.17. The molecule has 1 saturated heterocycles. The molecule has 182 valence electrons. The van der Waals surface area contributed by atoms with E-state index in [2.05, 4.69) is 9.97 Å². The maximum Gasteiger partial charge on any atom is 0.312 e. The number of amides is 1. The number of hydrogen-bond acceptors (Lipinski definition) is 7. The molecule has 8 nitrogen and oxygen atoms in total. The Morgan fingerprint density at radius 3 is 2.39 bits per heavy atom. The highest BCUT2D eigenvalue weighted by Crippen LogP contribution is 2.25. The van der Waals surface area contributed by atoms with Crippen molar-refractivity contribution in [3.63, 3.8) is 0 Å². The van der Waals surface area contributed by atoms with Crippen LogP contribution < -0.4 is 0 Å². The first-order chi connectivity index (χ1) is 17.4. The van der Waals surface area contributed by atoms with Gasteiger partial charge in [-0.15, -0.1) is 0 Å². The molecule has 0 N–H and O–H groups in total. The monoisotopic (exact) mass is 501 g/mol. The van der Waals surface area contributed by atoms with E-state index in [9.17, 15) is 18.0 Å². The Kier molecular flexibility index (Phi) is 6.47. The van der Waals surface area contributed by atoms with Crippen LogP contribution in [0.3, 0.4) is 0 Å². The number of pyridine rings is 2. The molecule has 0 spiro atoms. The van der Waals surface area contributed by atoms with E-state index in [-0.39, 0.29) is 35.0 Å². The zero-order chi connectivity index (χ0) is 25.1. The number of fused-ring (bicyclic) bond motifs is 1. The first kappa shape index (κ1) is 23.6. The average Bonchev–Trinajstić information content (AvgIpc) is 2.86. The second kappa shape index (κ2) is 9.87. The van der Waals surface area contributed by atoms with Crippen LogP contribution in [-0.4, -0.2) is 54.4 Å². The molecule has 0 saturated carbocycles. The quantitative estimate of drug-likeness (QED) is 0.358. The lowest BCUT2D eigenvalue weighted by atomic mass is 10.1. The fourth-order valence-corrected chi connectivity index (χ4v) is 5.64. The number of sulfone groups is 1. The van der Waals surface area contributed by atoms with Gasteiger partial charge in [-0.25, -0.2) is 8.42 Å². The molecular formula is C27H23N3O5S. The molecule has 0 radical (unpaired) electrons. The Hall–Kier alpha value is -4.11. The van der Waals surface area contributed by atoms with Crippen molar-refractivity contribution in [2.75, 3.05) is 13.1 Å². The molecule has 4 aromatic rings. The van der Waals surface area contributed by atoms with Gasteiger partial charge in [0.2, 0.25) is 0 Å². The number of nitrogens with zero attached hydrogens (tertiary/aromatic N) is 3. The Morgan fingerprint density at radius 2 is 1.64 bits per heavy atom. The van der Waals surface area contributed by atoms with Crippen LogP contribution in [0.15, 0.2) is 90.1 Å². The predicted octanol–water partition coefficient (Wildman–Crippen LogP) is 3.21. The molecule has 1 aliphatic rings. The van der Waals surface area contributed by atoms with Gasteiger partial charge in [-0.3, -0.25) is 19.6 Å². The number of carbonyl (C=O) groups excluding carboxylic acids is 2. The van der Waals surface area contributed by atoms with Crippen molar-refractivity contribution in [1.29, 1.82) is 0 Å². The summed E-state index contributed by atoms with van der Waals surface area (Å²) in [5.41, 5.74) is 2.10. The summed E-state index contributed by atoms with van der Waals surface area (Å²) in [6, 6.07) is 20.5. The number of benzene rings is 2. The predicted molar refractivity (Wildman–Crippen MR) is 133 cm³/mol. The van der Waals surface area contributed by atoms with E-state index >= 15 is 0 Å². The molecule has 2 aromatic carbocycles. The first-order valence-corrected chi connectivity index (χ1v) is 13.1. The minimum Gasteiger partial charge on any atom is -0.458 e. The molecule has 0 bridgehead atoms. The van der Waals surface area contributed by atoms with Crippen LogP contribution in [-0.2, 0) is 31.5 Å². The van der Waals surface area contributed by atoms with E-state index in [0.717, 1.165) is 5.39 Å². The van der Waals surface area contributed by atoms with Gasteiger partial charge in [0.1, 0.15) is 6.10 Å². The number of hydrogen-bond donors (Lipinski definition) is 0. The minimum absolute atomic E-state index is 0.0878. The zero-order valence-corrected chi connectivity index (χ0v) is 20.1. The highest BCUT2D eigenvalue weighted by molar-refractivity contribution is 7.90. The fraction of sp³-hybridized carbons (Fsp3) is 0.185. The first-order valence-electron chi connectivity index (χ1n) is 11.4. The van der Waals surface area contributed by atoms with E-state index < -0.39 is 9.84 Å². The highest BCUT2D eigenvalue weighted by Gasteiger charge is 2.34. The van der Waals surface area contributed by atoms with Crippen molar-refractivity contribution in [3.05, 3.63) is 102 Å². The maximum absolute atomic E-state index is 13.1. The summed E-state index contributed by atoms with van der Waals surface area (Å²) in [7, 11) is -3.64. The van der Waals surface area contributed by atoms with Gasteiger partial charge in [0.25, 0.3) is 5.91 Å². The second-order valence-corrected chi connectivity index (χ2v) is 10.6. The van der Waals surface area contributed by atoms with Crippen molar-refractivity contribution in [2.24, 2.45) is 0 Å². The number of rotatable bonds is 7. The van der Waals surface area contributed by atoms with Crippen LogP contribution in [0.2, 0.25) is 0 Å². The van der Waals surface area contributed by atoms with Crippen LogP contribution in [0.5, 0.6) is 0 Å². The number of likely N-dealkylation sites (tertiary alicyclic amines) is 1. The summed E-state index contributed by atoms with van der Waals surface area (Å²) in [5.74, 6) is -0.771. The van der Waals surface area contributed by atoms with Crippen molar-refractivity contribution in [2.45, 2.75) is 23.2 Å². The van der Waals surface area contributed by atoms with Gasteiger partial charge in [0, 0.05) is 23.3 Å². The van der Waals surface area contributed by atoms with Crippen molar-refractivity contribution in [3.8, 4) is 0 Å². The number of aromatic nitrogens is 2. The van der Waals surface area contributed by atoms with Crippen LogP contribution in [0, 0.1) is 0 Å². The van der Waals surface area contributed by atoms with E-state index in [1.165, 1.54) is 0 Å². The van der Waals surface area contributed by atoms with Crippen LogP contribution >= 0.6 is 0 Å². The second-order valence-electron chi connectivity index (χ2n) is 8.61. The molecule has 1 fully saturated rings. The van der Waals surface area contributed by atoms with Gasteiger partial charge in [-0.1, -0.05) is 36.4 Å². The molecule has 2 aromatic heterocycles. The number of ether oxygens (including phenoxy) is 1. The number of esters is 1. The molecule has 0 aliphatic carbocycles. The number of carbonyl (C=O) groups is 2. The molecule has 1 aliphatic heterocycles. The Labute approximate surface area is 208 Å². The van der Waals surface area contributed by atoms with Crippen molar-refractivity contribution in [1.82, 2.24) is 14.9 Å². The van der Waals surface area contributed by atoms with Gasteiger partial charge < -0.3 is 9.64 Å². The van der Waals surface area contributed by atoms with E-state index in [0.29, 0.717) is 35.4 Å². The minimum atomic E-state index is -3.64. The normalized spacial score (nSPS) is 13.8. The van der Waals surface area contributed by atoms with Gasteiger partial charge in [-0.05, 0) is 42.0 Å². The largest absolute Gasteiger partial charge is 0.458 e. The third-order valence-corrected chi connectivity index (χ3v) is 7.69. The molecular weight excluding hydrogens is 478 g/mol. The SMILES string of the molecule is O=C(Cc1ccccn1)OC1CN(C(=O)c2ccc(CS(=O)(=O)c3cccc4cccnc34)cc2)C1. The van der Waals surface area contributed by atoms with E-state index in [1.807, 2.05) is 12.1 Å². The molecule has 36 heavy (non-hydrogen) atoms. The molecule has 0 unspecified atom stereocenters. The van der Waals surface area contributed by atoms with Crippen LogP contribution in [0.25, 0.3) is 10.9 Å². The average molecular weight is 502 g/mol. The lowest BCUT2D eigenvalue weighted by Gasteiger charge is -2.38. The summed E-state index contributed by atoms with van der Waals surface area (Å²) >= 11 is 0. The van der Waals surface area contributed by atoms with E-state index in [4.69, 9.17) is 4.74 Å². The number of para-hydroxylation sites is 1. The topological polar surface area (TPSA) is 107 Å². The maximum atomic E-state index is 13.1. The lowest BCUT2D eigenvalue weighted by molar-refractivity contribution is -0.154. The third-order valence-electron chi connectivity index (χ3n) is 5.97. The molecule has 5 rings (SSSR count). The fourth-order valence-electron chi connectivity index (χ4n) is 4.11. The summed E-state index contributed by atoms with van der Waals surface area (Å²) in [6.07, 6.45) is 2.94. The molecule has 3 heterocycles. The molecule has 9 heteroatoms. The third kappa shape index (κ3) is 5.11. The lowest BCUT2D eigenvalue weighted by Crippen LogP contribution is -2.55. The van der Waals surface area contributed by atoms with Gasteiger partial charge >= 0.3 is 5.97 Å². The zero-order valence-electron chi connectivity index (χ0n) is 19.3. The van der Waals surface area contributed by atoms with Gasteiger partial charge in [-0.2, -0.15) is 0 Å². The van der Waals surface area contributed by atoms with Gasteiger partial charge in [0.05, 0.1) is 41.4 Å². The highest BCUT2D eigenvalue weighted by atomic mass is 32.2.